The van der Waals surface area contributed by atoms with Gasteiger partial charge in [0.05, 0.1) is 0 Å². The molecule has 0 spiro atoms. The van der Waals surface area contributed by atoms with E-state index in [1.54, 1.807) is 0 Å². The van der Waals surface area contributed by atoms with Crippen LogP contribution in [0.1, 0.15) is 20.3 Å². The third-order valence-electron chi connectivity index (χ3n) is 1.14. The smallest absolute Gasteiger partial charge is 0.155 e. The second kappa shape index (κ2) is 3.98. The van der Waals surface area contributed by atoms with Crippen LogP contribution in [0.2, 0.25) is 0 Å². The van der Waals surface area contributed by atoms with Crippen LogP contribution in [0.3, 0.4) is 0 Å². The molecule has 0 aromatic carbocycles. The highest BCUT2D eigenvalue weighted by Crippen LogP contribution is 2.18. The summed E-state index contributed by atoms with van der Waals surface area (Å²) in [4.78, 5) is 23.8. The monoisotopic (exact) mass is 145 g/mol. The molecule has 4 heteroatoms. The molecule has 0 amide bonds. The Morgan fingerprint density at radius 3 is 2.60 bits per heavy atom. The zero-order valence-corrected chi connectivity index (χ0v) is 6.16. The zero-order chi connectivity index (χ0) is 8.04. The average molecular weight is 145 g/mol. The van der Waals surface area contributed by atoms with Crippen molar-refractivity contribution < 1.29 is 9.63 Å². The zero-order valence-electron chi connectivity index (χ0n) is 6.16. The van der Waals surface area contributed by atoms with Crippen LogP contribution in [0.5, 0.6) is 0 Å². The van der Waals surface area contributed by atoms with Crippen LogP contribution in [0, 0.1) is 10.3 Å². The number of hydrogen-bond donors (Lipinski definition) is 0. The van der Waals surface area contributed by atoms with Crippen molar-refractivity contribution in [3.8, 4) is 0 Å². The van der Waals surface area contributed by atoms with Crippen molar-refractivity contribution in [2.24, 2.45) is 10.8 Å². The Hall–Kier alpha value is -0.930. The highest BCUT2D eigenvalue weighted by Gasteiger charge is 2.18. The quantitative estimate of drug-likeness (QED) is 0.333. The normalized spacial score (nSPS) is 10.6. The lowest BCUT2D eigenvalue weighted by molar-refractivity contribution is -0.110. The number of aldehydes is 1. The summed E-state index contributed by atoms with van der Waals surface area (Å²) in [5.41, 5.74) is -0.282. The van der Waals surface area contributed by atoms with Crippen molar-refractivity contribution in [3.63, 3.8) is 0 Å². The van der Waals surface area contributed by atoms with Gasteiger partial charge in [0, 0.05) is 11.8 Å². The van der Waals surface area contributed by atoms with E-state index in [9.17, 15) is 9.70 Å². The van der Waals surface area contributed by atoms with E-state index in [0.717, 1.165) is 6.29 Å². The second-order valence-corrected chi connectivity index (χ2v) is 2.88. The van der Waals surface area contributed by atoms with Crippen molar-refractivity contribution in [3.05, 3.63) is 4.91 Å². The molecule has 0 radical (unpaired) electrons. The molecule has 0 aromatic heterocycles. The summed E-state index contributed by atoms with van der Waals surface area (Å²) in [6, 6.07) is 0. The molecule has 0 saturated heterocycles. The molecule has 0 unspecified atom stereocenters. The van der Waals surface area contributed by atoms with E-state index in [2.05, 4.69) is 10.2 Å². The van der Waals surface area contributed by atoms with Gasteiger partial charge >= 0.3 is 0 Å². The largest absolute Gasteiger partial charge is 0.363 e. The van der Waals surface area contributed by atoms with Crippen molar-refractivity contribution >= 4 is 6.29 Å². The summed E-state index contributed by atoms with van der Waals surface area (Å²) in [5, 5.41) is 2.24. The summed E-state index contributed by atoms with van der Waals surface area (Å²) < 4.78 is 0. The molecule has 0 bridgehead atoms. The SMILES string of the molecule is CC(C)(CC=O)CON=O. The lowest BCUT2D eigenvalue weighted by Gasteiger charge is -2.17. The predicted molar refractivity (Wildman–Crippen MR) is 36.2 cm³/mol. The van der Waals surface area contributed by atoms with E-state index in [1.807, 2.05) is 13.8 Å². The van der Waals surface area contributed by atoms with E-state index in [1.165, 1.54) is 0 Å². The van der Waals surface area contributed by atoms with Crippen LogP contribution < -0.4 is 0 Å². The van der Waals surface area contributed by atoms with Gasteiger partial charge in [0.2, 0.25) is 0 Å². The molecule has 0 fully saturated rings. The second-order valence-electron chi connectivity index (χ2n) is 2.88. The van der Waals surface area contributed by atoms with Gasteiger partial charge in [0.15, 0.2) is 5.34 Å². The van der Waals surface area contributed by atoms with Crippen molar-refractivity contribution in [1.29, 1.82) is 0 Å². The molecular weight excluding hydrogens is 134 g/mol. The van der Waals surface area contributed by atoms with Gasteiger partial charge < -0.3 is 9.63 Å². The minimum Gasteiger partial charge on any atom is -0.363 e. The summed E-state index contributed by atoms with van der Waals surface area (Å²) >= 11 is 0. The average Bonchev–Trinajstić information content (AvgIpc) is 1.84. The van der Waals surface area contributed by atoms with Gasteiger partial charge in [-0.3, -0.25) is 0 Å². The molecule has 0 atom stereocenters. The van der Waals surface area contributed by atoms with Crippen molar-refractivity contribution in [2.45, 2.75) is 20.3 Å². The van der Waals surface area contributed by atoms with E-state index in [4.69, 9.17) is 0 Å². The van der Waals surface area contributed by atoms with E-state index >= 15 is 0 Å². The highest BCUT2D eigenvalue weighted by atomic mass is 16.7. The Labute approximate surface area is 59.5 Å². The summed E-state index contributed by atoms with van der Waals surface area (Å²) in [7, 11) is 0. The van der Waals surface area contributed by atoms with Crippen LogP contribution in [0.4, 0.5) is 0 Å². The molecule has 4 nitrogen and oxygen atoms in total. The first-order chi connectivity index (χ1) is 4.62. The van der Waals surface area contributed by atoms with Crippen LogP contribution in [0.25, 0.3) is 0 Å². The molecule has 0 aliphatic carbocycles. The molecule has 10 heavy (non-hydrogen) atoms. The Morgan fingerprint density at radius 1 is 1.60 bits per heavy atom. The van der Waals surface area contributed by atoms with Gasteiger partial charge in [-0.05, 0) is 0 Å². The maximum atomic E-state index is 10.0. The number of rotatable bonds is 5. The summed E-state index contributed by atoms with van der Waals surface area (Å²) in [6.45, 7) is 3.84. The first-order valence-electron chi connectivity index (χ1n) is 3.00. The molecule has 0 aliphatic rings. The molecule has 0 rings (SSSR count). The summed E-state index contributed by atoms with van der Waals surface area (Å²) in [5.74, 6) is 0. The first kappa shape index (κ1) is 9.07. The minimum absolute atomic E-state index is 0.190. The number of hydrogen-bond acceptors (Lipinski definition) is 4. The Morgan fingerprint density at radius 2 is 2.20 bits per heavy atom. The van der Waals surface area contributed by atoms with Gasteiger partial charge in [0.1, 0.15) is 12.9 Å². The third-order valence-corrected chi connectivity index (χ3v) is 1.14. The molecule has 0 saturated carbocycles. The molecule has 0 aliphatic heterocycles. The van der Waals surface area contributed by atoms with Gasteiger partial charge in [-0.15, -0.1) is 4.91 Å². The Kier molecular flexibility index (Phi) is 3.61. The van der Waals surface area contributed by atoms with Crippen molar-refractivity contribution in [1.82, 2.24) is 0 Å². The fourth-order valence-electron chi connectivity index (χ4n) is 0.486. The lowest BCUT2D eigenvalue weighted by Crippen LogP contribution is -2.18. The fraction of sp³-hybridized carbons (Fsp3) is 0.833. The first-order valence-corrected chi connectivity index (χ1v) is 3.00. The number of nitrogens with zero attached hydrogens (tertiary/aromatic N) is 1. The van der Waals surface area contributed by atoms with Gasteiger partial charge in [-0.1, -0.05) is 13.8 Å². The van der Waals surface area contributed by atoms with Gasteiger partial charge in [-0.25, -0.2) is 0 Å². The van der Waals surface area contributed by atoms with E-state index < -0.39 is 0 Å². The van der Waals surface area contributed by atoms with Gasteiger partial charge in [0.25, 0.3) is 0 Å². The maximum absolute atomic E-state index is 10.0. The Balaban J connectivity index is 3.61. The topological polar surface area (TPSA) is 55.7 Å². The number of carbonyl (C=O) groups excluding carboxylic acids is 1. The molecule has 0 heterocycles. The van der Waals surface area contributed by atoms with Crippen LogP contribution in [-0.4, -0.2) is 12.9 Å². The van der Waals surface area contributed by atoms with Gasteiger partial charge in [-0.2, -0.15) is 0 Å². The third kappa shape index (κ3) is 4.00. The van der Waals surface area contributed by atoms with Crippen LogP contribution in [0.15, 0.2) is 5.34 Å². The minimum atomic E-state index is -0.282. The molecule has 0 aromatic rings. The van der Waals surface area contributed by atoms with Crippen molar-refractivity contribution in [2.75, 3.05) is 6.61 Å². The highest BCUT2D eigenvalue weighted by molar-refractivity contribution is 5.50. The fourth-order valence-corrected chi connectivity index (χ4v) is 0.486. The molecular formula is C6H11NO3. The number of carbonyl (C=O) groups is 1. The maximum Gasteiger partial charge on any atom is 0.155 e. The predicted octanol–water partition coefficient (Wildman–Crippen LogP) is 1.30. The molecule has 0 N–H and O–H groups in total. The molecule has 58 valence electrons. The van der Waals surface area contributed by atoms with Crippen LogP contribution >= 0.6 is 0 Å². The summed E-state index contributed by atoms with van der Waals surface area (Å²) in [6.07, 6.45) is 1.18. The van der Waals surface area contributed by atoms with E-state index in [0.29, 0.717) is 6.42 Å². The Bertz CT molecular complexity index is 122. The lowest BCUT2D eigenvalue weighted by atomic mass is 9.92. The van der Waals surface area contributed by atoms with E-state index in [-0.39, 0.29) is 12.0 Å². The standard InChI is InChI=1S/C6H11NO3/c1-6(2,3-4-8)5-10-7-9/h4H,3,5H2,1-2H3. The van der Waals surface area contributed by atoms with Crippen LogP contribution in [-0.2, 0) is 9.63 Å².